The van der Waals surface area contributed by atoms with Crippen molar-refractivity contribution in [3.63, 3.8) is 0 Å². The molecule has 3 atom stereocenters. The monoisotopic (exact) mass is 274 g/mol. The zero-order chi connectivity index (χ0) is 15.2. The van der Waals surface area contributed by atoms with Gasteiger partial charge in [0.15, 0.2) is 0 Å². The average Bonchev–Trinajstić information content (AvgIpc) is 2.34. The Kier molecular flexibility index (Phi) is 7.18. The van der Waals surface area contributed by atoms with Crippen molar-refractivity contribution in [1.29, 1.82) is 0 Å². The number of hydrogen-bond donors (Lipinski definition) is 3. The molecule has 3 unspecified atom stereocenters. The second-order valence-electron chi connectivity index (χ2n) is 5.54. The highest BCUT2D eigenvalue weighted by molar-refractivity contribution is 5.73. The molecule has 6 heteroatoms. The van der Waals surface area contributed by atoms with E-state index in [0.717, 1.165) is 6.29 Å². The van der Waals surface area contributed by atoms with Crippen LogP contribution in [0.3, 0.4) is 0 Å². The molecule has 0 radical (unpaired) electrons. The van der Waals surface area contributed by atoms with Crippen LogP contribution in [0.1, 0.15) is 34.1 Å². The van der Waals surface area contributed by atoms with Crippen molar-refractivity contribution in [3.05, 3.63) is 0 Å². The van der Waals surface area contributed by atoms with E-state index in [2.05, 4.69) is 5.32 Å². The highest BCUT2D eigenvalue weighted by atomic mass is 16.4. The molecule has 0 aromatic heterocycles. The first kappa shape index (κ1) is 18.0. The minimum absolute atomic E-state index is 0.0865. The van der Waals surface area contributed by atoms with E-state index >= 15 is 0 Å². The Balaban J connectivity index is 4.54. The van der Waals surface area contributed by atoms with Gasteiger partial charge < -0.3 is 15.0 Å². The maximum absolute atomic E-state index is 11.1. The number of hydrogen-bond acceptors (Lipinski definition) is 5. The first-order chi connectivity index (χ1) is 8.65. The number of nitrogens with zero attached hydrogens (tertiary/aromatic N) is 1. The normalized spacial score (nSPS) is 17.0. The summed E-state index contributed by atoms with van der Waals surface area (Å²) in [4.78, 5) is 23.7. The first-order valence-corrected chi connectivity index (χ1v) is 6.50. The van der Waals surface area contributed by atoms with Crippen molar-refractivity contribution in [2.75, 3.05) is 13.6 Å². The molecule has 0 aromatic rings. The highest BCUT2D eigenvalue weighted by Gasteiger charge is 2.29. The van der Waals surface area contributed by atoms with Crippen molar-refractivity contribution in [1.82, 2.24) is 10.2 Å². The van der Waals surface area contributed by atoms with Crippen molar-refractivity contribution in [2.45, 2.75) is 51.9 Å². The topological polar surface area (TPSA) is 89.9 Å². The lowest BCUT2D eigenvalue weighted by Gasteiger charge is -2.33. The standard InChI is InChI=1S/C13H26N2O4/c1-6-9(2)11(12(18)19)14-10(17)7-15(5)13(3,4)8-16/h8-11,14,17H,6-7H2,1-5H3,(H,18,19). The second kappa shape index (κ2) is 7.57. The molecule has 0 aromatic carbocycles. The summed E-state index contributed by atoms with van der Waals surface area (Å²) in [5.41, 5.74) is -0.697. The molecule has 0 bridgehead atoms. The molecule has 0 fully saturated rings. The Bertz CT molecular complexity index is 307. The van der Waals surface area contributed by atoms with E-state index < -0.39 is 23.8 Å². The van der Waals surface area contributed by atoms with Gasteiger partial charge in [-0.15, -0.1) is 0 Å². The largest absolute Gasteiger partial charge is 0.480 e. The molecule has 0 aliphatic carbocycles. The molecule has 0 aliphatic heterocycles. The molecule has 112 valence electrons. The van der Waals surface area contributed by atoms with Gasteiger partial charge in [-0.1, -0.05) is 20.3 Å². The van der Waals surface area contributed by atoms with Crippen LogP contribution >= 0.6 is 0 Å². The van der Waals surface area contributed by atoms with Gasteiger partial charge in [0.1, 0.15) is 18.6 Å². The fourth-order valence-corrected chi connectivity index (χ4v) is 1.56. The van der Waals surface area contributed by atoms with Gasteiger partial charge in [0.2, 0.25) is 0 Å². The fraction of sp³-hybridized carbons (Fsp3) is 0.846. The summed E-state index contributed by atoms with van der Waals surface area (Å²) in [6, 6.07) is -0.798. The second-order valence-corrected chi connectivity index (χ2v) is 5.54. The molecule has 0 saturated carbocycles. The molecule has 0 aliphatic rings. The number of aliphatic hydroxyl groups is 1. The van der Waals surface area contributed by atoms with Crippen LogP contribution < -0.4 is 5.32 Å². The summed E-state index contributed by atoms with van der Waals surface area (Å²) in [6.07, 6.45) is 0.495. The summed E-state index contributed by atoms with van der Waals surface area (Å²) in [7, 11) is 1.71. The smallest absolute Gasteiger partial charge is 0.321 e. The van der Waals surface area contributed by atoms with Gasteiger partial charge in [0.25, 0.3) is 0 Å². The molecule has 0 amide bonds. The van der Waals surface area contributed by atoms with E-state index in [1.165, 1.54) is 0 Å². The van der Waals surface area contributed by atoms with Crippen LogP contribution in [0.5, 0.6) is 0 Å². The van der Waals surface area contributed by atoms with Crippen molar-refractivity contribution in [3.8, 4) is 0 Å². The zero-order valence-electron chi connectivity index (χ0n) is 12.4. The number of carbonyl (C=O) groups is 2. The van der Waals surface area contributed by atoms with Crippen LogP contribution in [0.2, 0.25) is 0 Å². The number of aldehydes is 1. The predicted octanol–water partition coefficient (Wildman–Crippen LogP) is 0.303. The average molecular weight is 274 g/mol. The molecule has 0 rings (SSSR count). The lowest BCUT2D eigenvalue weighted by molar-refractivity contribution is -0.142. The Morgan fingerprint density at radius 3 is 2.37 bits per heavy atom. The lowest BCUT2D eigenvalue weighted by Crippen LogP contribution is -2.54. The number of rotatable bonds is 9. The van der Waals surface area contributed by atoms with Gasteiger partial charge in [-0.2, -0.15) is 0 Å². The number of likely N-dealkylation sites (N-methyl/N-ethyl adjacent to an activating group) is 1. The minimum Gasteiger partial charge on any atom is -0.480 e. The van der Waals surface area contributed by atoms with E-state index in [0.29, 0.717) is 6.42 Å². The minimum atomic E-state index is -1.00. The van der Waals surface area contributed by atoms with Crippen LogP contribution in [0.15, 0.2) is 0 Å². The zero-order valence-corrected chi connectivity index (χ0v) is 12.4. The molecule has 0 saturated heterocycles. The number of nitrogens with one attached hydrogen (secondary N) is 1. The Labute approximate surface area is 114 Å². The van der Waals surface area contributed by atoms with E-state index in [-0.39, 0.29) is 12.5 Å². The van der Waals surface area contributed by atoms with Crippen molar-refractivity contribution in [2.24, 2.45) is 5.92 Å². The van der Waals surface area contributed by atoms with E-state index in [9.17, 15) is 14.7 Å². The molecule has 6 nitrogen and oxygen atoms in total. The van der Waals surface area contributed by atoms with Gasteiger partial charge in [0.05, 0.1) is 5.54 Å². The Morgan fingerprint density at radius 1 is 1.47 bits per heavy atom. The molecule has 0 spiro atoms. The molecular weight excluding hydrogens is 248 g/mol. The van der Waals surface area contributed by atoms with E-state index in [1.807, 2.05) is 13.8 Å². The molecular formula is C13H26N2O4. The Morgan fingerprint density at radius 2 is 2.00 bits per heavy atom. The van der Waals surface area contributed by atoms with Gasteiger partial charge in [-0.25, -0.2) is 0 Å². The summed E-state index contributed by atoms with van der Waals surface area (Å²) >= 11 is 0. The number of aliphatic carboxylic acids is 1. The molecule has 0 heterocycles. The third kappa shape index (κ3) is 5.67. The van der Waals surface area contributed by atoms with Crippen molar-refractivity contribution < 1.29 is 19.8 Å². The SMILES string of the molecule is CCC(C)C(NC(O)CN(C)C(C)(C)C=O)C(=O)O. The Hall–Kier alpha value is -0.980. The van der Waals surface area contributed by atoms with Gasteiger partial charge in [-0.05, 0) is 26.8 Å². The fourth-order valence-electron chi connectivity index (χ4n) is 1.56. The molecule has 3 N–H and O–H groups in total. The van der Waals surface area contributed by atoms with Gasteiger partial charge in [0, 0.05) is 6.54 Å². The van der Waals surface area contributed by atoms with Crippen LogP contribution in [-0.4, -0.2) is 58.8 Å². The summed E-state index contributed by atoms with van der Waals surface area (Å²) in [6.45, 7) is 7.35. The number of carboxylic acids is 1. The molecule has 19 heavy (non-hydrogen) atoms. The van der Waals surface area contributed by atoms with E-state index in [1.54, 1.807) is 25.8 Å². The van der Waals surface area contributed by atoms with Gasteiger partial charge >= 0.3 is 5.97 Å². The van der Waals surface area contributed by atoms with Crippen LogP contribution in [0.25, 0.3) is 0 Å². The predicted molar refractivity (Wildman–Crippen MR) is 72.8 cm³/mol. The first-order valence-electron chi connectivity index (χ1n) is 6.50. The number of aliphatic hydroxyl groups excluding tert-OH is 1. The summed E-state index contributed by atoms with van der Waals surface area (Å²) in [5.74, 6) is -1.07. The van der Waals surface area contributed by atoms with Gasteiger partial charge in [-0.3, -0.25) is 15.0 Å². The highest BCUT2D eigenvalue weighted by Crippen LogP contribution is 2.11. The number of carboxylic acid groups (broad SMARTS) is 1. The van der Waals surface area contributed by atoms with Crippen molar-refractivity contribution >= 4 is 12.3 Å². The summed E-state index contributed by atoms with van der Waals surface area (Å²) in [5, 5.41) is 21.7. The third-order valence-corrected chi connectivity index (χ3v) is 3.57. The van der Waals surface area contributed by atoms with Crippen LogP contribution in [0, 0.1) is 5.92 Å². The third-order valence-electron chi connectivity index (χ3n) is 3.57. The number of carbonyl (C=O) groups excluding carboxylic acids is 1. The summed E-state index contributed by atoms with van der Waals surface area (Å²) < 4.78 is 0. The maximum atomic E-state index is 11.1. The van der Waals surface area contributed by atoms with E-state index in [4.69, 9.17) is 5.11 Å². The number of β-amino-alcohol motifs (C(OH)–C–C–N with tert-alkyl or cyclic N) is 1. The van der Waals surface area contributed by atoms with Crippen LogP contribution in [0.4, 0.5) is 0 Å². The quantitative estimate of drug-likeness (QED) is 0.414. The van der Waals surface area contributed by atoms with Crippen LogP contribution in [-0.2, 0) is 9.59 Å². The lowest BCUT2D eigenvalue weighted by atomic mass is 9.99. The maximum Gasteiger partial charge on any atom is 0.321 e.